The van der Waals surface area contributed by atoms with E-state index >= 15 is 0 Å². The molecule has 1 aromatic rings. The molecule has 0 unspecified atom stereocenters. The van der Waals surface area contributed by atoms with E-state index in [0.29, 0.717) is 34.5 Å². The van der Waals surface area contributed by atoms with Gasteiger partial charge < -0.3 is 9.47 Å². The predicted octanol–water partition coefficient (Wildman–Crippen LogP) is 3.16. The third-order valence-electron chi connectivity index (χ3n) is 5.82. The number of carbonyl (C=O) groups is 2. The van der Waals surface area contributed by atoms with Gasteiger partial charge in [-0.25, -0.2) is 4.79 Å². The van der Waals surface area contributed by atoms with Crippen LogP contribution >= 0.6 is 0 Å². The van der Waals surface area contributed by atoms with Gasteiger partial charge in [-0.1, -0.05) is 0 Å². The van der Waals surface area contributed by atoms with Crippen molar-refractivity contribution in [2.24, 2.45) is 23.7 Å². The van der Waals surface area contributed by atoms with Gasteiger partial charge in [0.15, 0.2) is 5.78 Å². The van der Waals surface area contributed by atoms with E-state index in [0.717, 1.165) is 19.3 Å². The highest BCUT2D eigenvalue weighted by molar-refractivity contribution is 6.10. The zero-order chi connectivity index (χ0) is 16.1. The van der Waals surface area contributed by atoms with Gasteiger partial charge in [0.05, 0.1) is 7.11 Å². The number of benzene rings is 1. The van der Waals surface area contributed by atoms with Gasteiger partial charge in [0.2, 0.25) is 0 Å². The molecule has 3 aliphatic carbocycles. The van der Waals surface area contributed by atoms with E-state index < -0.39 is 0 Å². The van der Waals surface area contributed by atoms with Crippen molar-refractivity contribution in [1.82, 2.24) is 0 Å². The van der Waals surface area contributed by atoms with Gasteiger partial charge in [-0.2, -0.15) is 0 Å². The lowest BCUT2D eigenvalue weighted by Crippen LogP contribution is -2.27. The summed E-state index contributed by atoms with van der Waals surface area (Å²) < 4.78 is 10.6. The first-order chi connectivity index (χ1) is 11.1. The molecule has 0 amide bonds. The van der Waals surface area contributed by atoms with Crippen molar-refractivity contribution in [3.63, 3.8) is 0 Å². The molecule has 0 N–H and O–H groups in total. The van der Waals surface area contributed by atoms with Gasteiger partial charge in [-0.3, -0.25) is 4.79 Å². The Morgan fingerprint density at radius 3 is 2.30 bits per heavy atom. The van der Waals surface area contributed by atoms with Crippen LogP contribution in [0.15, 0.2) is 35.4 Å². The van der Waals surface area contributed by atoms with E-state index in [1.165, 1.54) is 0 Å². The zero-order valence-corrected chi connectivity index (χ0v) is 13.4. The van der Waals surface area contributed by atoms with E-state index in [1.54, 1.807) is 38.3 Å². The molecule has 0 spiro atoms. The Bertz CT molecular complexity index is 701. The maximum Gasteiger partial charge on any atom is 0.340 e. The number of rotatable bonds is 3. The summed E-state index contributed by atoms with van der Waals surface area (Å²) in [5.74, 6) is 2.08. The lowest BCUT2D eigenvalue weighted by atomic mass is 9.78. The Hall–Kier alpha value is -2.10. The average molecular weight is 312 g/mol. The monoisotopic (exact) mass is 312 g/mol. The van der Waals surface area contributed by atoms with Crippen molar-refractivity contribution in [2.75, 3.05) is 7.11 Å². The molecular formula is C19H20O4. The second-order valence-corrected chi connectivity index (χ2v) is 6.85. The van der Waals surface area contributed by atoms with Gasteiger partial charge in [0.25, 0.3) is 0 Å². The van der Waals surface area contributed by atoms with Crippen LogP contribution < -0.4 is 9.47 Å². The number of allylic oxidation sites excluding steroid dienone is 1. The second-order valence-electron chi connectivity index (χ2n) is 6.85. The highest BCUT2D eigenvalue weighted by Crippen LogP contribution is 2.59. The first-order valence-electron chi connectivity index (χ1n) is 8.21. The maximum atomic E-state index is 12.7. The zero-order valence-electron chi connectivity index (χ0n) is 13.4. The molecule has 0 aromatic heterocycles. The summed E-state index contributed by atoms with van der Waals surface area (Å²) in [5, 5.41) is 0. The van der Waals surface area contributed by atoms with Gasteiger partial charge in [0, 0.05) is 23.0 Å². The number of ketones is 1. The van der Waals surface area contributed by atoms with Crippen LogP contribution in [0.3, 0.4) is 0 Å². The number of hydrogen-bond acceptors (Lipinski definition) is 4. The highest BCUT2D eigenvalue weighted by Gasteiger charge is 2.57. The number of Topliss-reactive ketones (excluding diaryl/α,β-unsaturated/α-hetero) is 1. The summed E-state index contributed by atoms with van der Waals surface area (Å²) in [7, 11) is 1.59. The van der Waals surface area contributed by atoms with Crippen LogP contribution in [0.5, 0.6) is 11.5 Å². The van der Waals surface area contributed by atoms with Gasteiger partial charge in [0.1, 0.15) is 11.5 Å². The summed E-state index contributed by atoms with van der Waals surface area (Å²) in [5.41, 5.74) is 1.25. The summed E-state index contributed by atoms with van der Waals surface area (Å²) in [6.07, 6.45) is 3.35. The second kappa shape index (κ2) is 5.22. The van der Waals surface area contributed by atoms with Crippen molar-refractivity contribution in [3.8, 4) is 11.5 Å². The highest BCUT2D eigenvalue weighted by atomic mass is 16.5. The molecule has 0 heterocycles. The molecule has 0 aliphatic heterocycles. The summed E-state index contributed by atoms with van der Waals surface area (Å²) in [6, 6.07) is 6.93. The molecule has 120 valence electrons. The van der Waals surface area contributed by atoms with Crippen LogP contribution in [0.4, 0.5) is 0 Å². The van der Waals surface area contributed by atoms with E-state index in [4.69, 9.17) is 9.47 Å². The molecule has 2 saturated carbocycles. The van der Waals surface area contributed by atoms with Crippen molar-refractivity contribution >= 4 is 11.8 Å². The smallest absolute Gasteiger partial charge is 0.340 e. The molecule has 23 heavy (non-hydrogen) atoms. The van der Waals surface area contributed by atoms with Gasteiger partial charge >= 0.3 is 5.97 Å². The first-order valence-corrected chi connectivity index (χ1v) is 8.21. The molecule has 4 atom stereocenters. The summed E-state index contributed by atoms with van der Waals surface area (Å²) in [4.78, 5) is 25.2. The summed E-state index contributed by atoms with van der Waals surface area (Å²) >= 11 is 0. The quantitative estimate of drug-likeness (QED) is 0.635. The normalized spacial score (nSPS) is 31.5. The molecule has 0 radical (unpaired) electrons. The minimum Gasteiger partial charge on any atom is -0.497 e. The standard InChI is InChI=1S/C19H20O4/c1-10-15(16-11-3-4-12(9-11)17(16)18(10)20)19(21)23-14-7-5-13(22-2)6-8-14/h5-8,11-12,16-17H,3-4,9H2,1-2H3/t11-,12+,16-,17-/m1/s1. The van der Waals surface area contributed by atoms with Crippen LogP contribution in [0.25, 0.3) is 0 Å². The first kappa shape index (κ1) is 14.5. The van der Waals surface area contributed by atoms with Crippen molar-refractivity contribution in [2.45, 2.75) is 26.2 Å². The topological polar surface area (TPSA) is 52.6 Å². The molecule has 2 bridgehead atoms. The molecule has 4 heteroatoms. The molecule has 2 fully saturated rings. The van der Waals surface area contributed by atoms with Crippen LogP contribution in [0.2, 0.25) is 0 Å². The molecule has 4 nitrogen and oxygen atoms in total. The van der Waals surface area contributed by atoms with E-state index in [2.05, 4.69) is 0 Å². The average Bonchev–Trinajstić information content (AvgIpc) is 3.22. The molecule has 1 aromatic carbocycles. The van der Waals surface area contributed by atoms with Gasteiger partial charge in [-0.15, -0.1) is 0 Å². The Morgan fingerprint density at radius 2 is 1.65 bits per heavy atom. The fourth-order valence-electron chi connectivity index (χ4n) is 4.81. The largest absolute Gasteiger partial charge is 0.497 e. The Kier molecular flexibility index (Phi) is 3.29. The Morgan fingerprint density at radius 1 is 1.04 bits per heavy atom. The fourth-order valence-corrected chi connectivity index (χ4v) is 4.81. The lowest BCUT2D eigenvalue weighted by molar-refractivity contribution is -0.131. The van der Waals surface area contributed by atoms with Crippen molar-refractivity contribution < 1.29 is 19.1 Å². The van der Waals surface area contributed by atoms with Gasteiger partial charge in [-0.05, 0) is 62.3 Å². The minimum atomic E-state index is -0.360. The molecule has 0 saturated heterocycles. The number of carbonyl (C=O) groups excluding carboxylic acids is 2. The minimum absolute atomic E-state index is 0.0344. The third-order valence-corrected chi connectivity index (χ3v) is 5.82. The van der Waals surface area contributed by atoms with E-state index in [9.17, 15) is 9.59 Å². The number of hydrogen-bond donors (Lipinski definition) is 0. The van der Waals surface area contributed by atoms with Crippen LogP contribution in [0, 0.1) is 23.7 Å². The molecule has 3 aliphatic rings. The van der Waals surface area contributed by atoms with E-state index in [1.807, 2.05) is 0 Å². The van der Waals surface area contributed by atoms with Crippen molar-refractivity contribution in [3.05, 3.63) is 35.4 Å². The van der Waals surface area contributed by atoms with Crippen LogP contribution in [-0.4, -0.2) is 18.9 Å². The predicted molar refractivity (Wildman–Crippen MR) is 84.1 cm³/mol. The number of esters is 1. The number of ether oxygens (including phenoxy) is 2. The number of fused-ring (bicyclic) bond motifs is 5. The fraction of sp³-hybridized carbons (Fsp3) is 0.474. The summed E-state index contributed by atoms with van der Waals surface area (Å²) in [6.45, 7) is 1.78. The lowest BCUT2D eigenvalue weighted by Gasteiger charge is -2.25. The third kappa shape index (κ3) is 2.12. The Balaban J connectivity index is 1.58. The number of methoxy groups -OCH3 is 1. The molecule has 4 rings (SSSR count). The Labute approximate surface area is 135 Å². The SMILES string of the molecule is COc1ccc(OC(=O)C2=C(C)C(=O)[C@@H]3[C@H]4CC[C@H](C4)[C@H]23)cc1. The van der Waals surface area contributed by atoms with E-state index in [-0.39, 0.29) is 23.6 Å². The van der Waals surface area contributed by atoms with Crippen molar-refractivity contribution in [1.29, 1.82) is 0 Å². The maximum absolute atomic E-state index is 12.7. The molecular weight excluding hydrogens is 292 g/mol. The van der Waals surface area contributed by atoms with Crippen LogP contribution in [0.1, 0.15) is 26.2 Å². The van der Waals surface area contributed by atoms with Crippen LogP contribution in [-0.2, 0) is 9.59 Å².